The highest BCUT2D eigenvalue weighted by Gasteiger charge is 2.12. The zero-order valence-corrected chi connectivity index (χ0v) is 12.3. The topological polar surface area (TPSA) is 55.7 Å². The summed E-state index contributed by atoms with van der Waals surface area (Å²) in [6.45, 7) is 0. The number of benzene rings is 1. The first-order chi connectivity index (χ1) is 11.3. The lowest BCUT2D eigenvalue weighted by Crippen LogP contribution is -2.07. The average molecular weight is 299 g/mol. The molecule has 3 heterocycles. The summed E-state index contributed by atoms with van der Waals surface area (Å²) >= 11 is 0. The summed E-state index contributed by atoms with van der Waals surface area (Å²) in [6.07, 6.45) is 3.72. The number of para-hydroxylation sites is 1. The highest BCUT2D eigenvalue weighted by Crippen LogP contribution is 2.18. The van der Waals surface area contributed by atoms with Crippen molar-refractivity contribution in [3.05, 3.63) is 78.2 Å². The van der Waals surface area contributed by atoms with Crippen molar-refractivity contribution >= 4 is 27.7 Å². The molecule has 0 unspecified atom stereocenters. The molecule has 0 atom stereocenters. The minimum Gasteiger partial charge on any atom is -0.292 e. The number of aromatic nitrogens is 3. The van der Waals surface area contributed by atoms with Crippen molar-refractivity contribution in [2.45, 2.75) is 6.42 Å². The smallest absolute Gasteiger partial charge is 0.185 e. The summed E-state index contributed by atoms with van der Waals surface area (Å²) in [4.78, 5) is 25.5. The Hall–Kier alpha value is -3.14. The van der Waals surface area contributed by atoms with E-state index >= 15 is 0 Å². The van der Waals surface area contributed by atoms with Crippen LogP contribution in [0.15, 0.2) is 67.0 Å². The van der Waals surface area contributed by atoms with Crippen LogP contribution in [0.4, 0.5) is 0 Å². The van der Waals surface area contributed by atoms with Crippen molar-refractivity contribution < 1.29 is 4.79 Å². The Morgan fingerprint density at radius 1 is 0.870 bits per heavy atom. The van der Waals surface area contributed by atoms with Crippen molar-refractivity contribution in [2.24, 2.45) is 0 Å². The van der Waals surface area contributed by atoms with Gasteiger partial charge >= 0.3 is 0 Å². The minimum atomic E-state index is -0.0195. The molecule has 110 valence electrons. The Kier molecular flexibility index (Phi) is 3.27. The molecule has 1 aromatic carbocycles. The minimum absolute atomic E-state index is 0.0195. The fourth-order valence-electron chi connectivity index (χ4n) is 2.68. The molecule has 4 rings (SSSR count). The summed E-state index contributed by atoms with van der Waals surface area (Å²) in [5.74, 6) is -0.0195. The Bertz CT molecular complexity index is 1020. The molecule has 4 aromatic rings. The SMILES string of the molecule is O=C(Cc1ccnc2ccccc12)c1ccc2cccnc2n1. The summed E-state index contributed by atoms with van der Waals surface area (Å²) in [5, 5.41) is 1.93. The number of carbonyl (C=O) groups is 1. The van der Waals surface area contributed by atoms with Gasteiger partial charge in [0.1, 0.15) is 5.69 Å². The van der Waals surface area contributed by atoms with Gasteiger partial charge in [-0.15, -0.1) is 0 Å². The molecule has 0 radical (unpaired) electrons. The van der Waals surface area contributed by atoms with Gasteiger partial charge in [-0.3, -0.25) is 9.78 Å². The van der Waals surface area contributed by atoms with E-state index in [2.05, 4.69) is 15.0 Å². The number of carbonyl (C=O) groups excluding carboxylic acids is 1. The lowest BCUT2D eigenvalue weighted by Gasteiger charge is -2.05. The van der Waals surface area contributed by atoms with E-state index in [0.29, 0.717) is 17.8 Å². The zero-order valence-electron chi connectivity index (χ0n) is 12.3. The van der Waals surface area contributed by atoms with Crippen molar-refractivity contribution in [3.63, 3.8) is 0 Å². The van der Waals surface area contributed by atoms with Crippen LogP contribution in [0, 0.1) is 0 Å². The van der Waals surface area contributed by atoms with Gasteiger partial charge < -0.3 is 0 Å². The summed E-state index contributed by atoms with van der Waals surface area (Å²) < 4.78 is 0. The van der Waals surface area contributed by atoms with Crippen LogP contribution in [-0.4, -0.2) is 20.7 Å². The number of hydrogen-bond donors (Lipinski definition) is 0. The van der Waals surface area contributed by atoms with Crippen LogP contribution in [0.5, 0.6) is 0 Å². The molecule has 4 heteroatoms. The van der Waals surface area contributed by atoms with Crippen LogP contribution < -0.4 is 0 Å². The van der Waals surface area contributed by atoms with Gasteiger partial charge in [0.05, 0.1) is 5.52 Å². The third-order valence-corrected chi connectivity index (χ3v) is 3.84. The number of nitrogens with zero attached hydrogens (tertiary/aromatic N) is 3. The molecule has 0 saturated heterocycles. The molecule has 0 aliphatic carbocycles. The van der Waals surface area contributed by atoms with Gasteiger partial charge in [0, 0.05) is 29.6 Å². The largest absolute Gasteiger partial charge is 0.292 e. The molecule has 0 N–H and O–H groups in total. The standard InChI is InChI=1S/C19H13N3O/c23-18(17-8-7-13-4-3-10-21-19(13)22-17)12-14-9-11-20-16-6-2-1-5-15(14)16/h1-11H,12H2. The normalized spacial score (nSPS) is 11.0. The van der Waals surface area contributed by atoms with E-state index < -0.39 is 0 Å². The molecule has 0 fully saturated rings. The monoisotopic (exact) mass is 299 g/mol. The number of ketones is 1. The summed E-state index contributed by atoms with van der Waals surface area (Å²) in [6, 6.07) is 17.1. The molecule has 0 bridgehead atoms. The molecule has 23 heavy (non-hydrogen) atoms. The van der Waals surface area contributed by atoms with E-state index in [1.54, 1.807) is 18.5 Å². The predicted molar refractivity (Wildman–Crippen MR) is 89.3 cm³/mol. The molecule has 0 aliphatic rings. The van der Waals surface area contributed by atoms with E-state index in [0.717, 1.165) is 21.9 Å². The Labute approximate surface area is 132 Å². The van der Waals surface area contributed by atoms with Crippen LogP contribution in [0.25, 0.3) is 21.9 Å². The second-order valence-electron chi connectivity index (χ2n) is 5.33. The van der Waals surface area contributed by atoms with Crippen molar-refractivity contribution in [1.29, 1.82) is 0 Å². The third kappa shape index (κ3) is 2.55. The average Bonchev–Trinajstić information content (AvgIpc) is 2.61. The number of rotatable bonds is 3. The highest BCUT2D eigenvalue weighted by molar-refractivity contribution is 5.99. The molecule has 4 nitrogen and oxygen atoms in total. The molecule has 0 aliphatic heterocycles. The zero-order chi connectivity index (χ0) is 15.6. The molecular formula is C19H13N3O. The molecule has 0 amide bonds. The number of fused-ring (bicyclic) bond motifs is 2. The lowest BCUT2D eigenvalue weighted by atomic mass is 10.0. The lowest BCUT2D eigenvalue weighted by molar-refractivity contribution is 0.0989. The first kappa shape index (κ1) is 13.5. The van der Waals surface area contributed by atoms with Crippen LogP contribution in [0.3, 0.4) is 0 Å². The Balaban J connectivity index is 1.70. The number of Topliss-reactive ketones (excluding diaryl/α,β-unsaturated/α-hetero) is 1. The van der Waals surface area contributed by atoms with Gasteiger partial charge in [-0.2, -0.15) is 0 Å². The van der Waals surface area contributed by atoms with Crippen molar-refractivity contribution in [2.75, 3.05) is 0 Å². The first-order valence-electron chi connectivity index (χ1n) is 7.39. The van der Waals surface area contributed by atoms with Crippen LogP contribution in [0.1, 0.15) is 16.1 Å². The first-order valence-corrected chi connectivity index (χ1v) is 7.39. The van der Waals surface area contributed by atoms with Crippen molar-refractivity contribution in [3.8, 4) is 0 Å². The second kappa shape index (κ2) is 5.57. The fourth-order valence-corrected chi connectivity index (χ4v) is 2.68. The van der Waals surface area contributed by atoms with Crippen molar-refractivity contribution in [1.82, 2.24) is 15.0 Å². The van der Waals surface area contributed by atoms with Gasteiger partial charge in [-0.25, -0.2) is 9.97 Å². The van der Waals surface area contributed by atoms with Gasteiger partial charge in [-0.1, -0.05) is 18.2 Å². The van der Waals surface area contributed by atoms with E-state index in [1.807, 2.05) is 48.5 Å². The van der Waals surface area contributed by atoms with Crippen LogP contribution >= 0.6 is 0 Å². The molecule has 0 saturated carbocycles. The second-order valence-corrected chi connectivity index (χ2v) is 5.33. The van der Waals surface area contributed by atoms with Gasteiger partial charge in [0.25, 0.3) is 0 Å². The Morgan fingerprint density at radius 3 is 2.74 bits per heavy atom. The summed E-state index contributed by atoms with van der Waals surface area (Å²) in [7, 11) is 0. The van der Waals surface area contributed by atoms with E-state index in [4.69, 9.17) is 0 Å². The molecule has 0 spiro atoms. The highest BCUT2D eigenvalue weighted by atomic mass is 16.1. The van der Waals surface area contributed by atoms with Gasteiger partial charge in [-0.05, 0) is 42.0 Å². The maximum Gasteiger partial charge on any atom is 0.185 e. The predicted octanol–water partition coefficient (Wildman–Crippen LogP) is 3.60. The van der Waals surface area contributed by atoms with E-state index in [9.17, 15) is 4.79 Å². The maximum atomic E-state index is 12.6. The van der Waals surface area contributed by atoms with Gasteiger partial charge in [0.15, 0.2) is 11.4 Å². The van der Waals surface area contributed by atoms with E-state index in [-0.39, 0.29) is 5.78 Å². The maximum absolute atomic E-state index is 12.6. The van der Waals surface area contributed by atoms with E-state index in [1.165, 1.54) is 0 Å². The summed E-state index contributed by atoms with van der Waals surface area (Å²) in [5.41, 5.74) is 2.89. The quantitative estimate of drug-likeness (QED) is 0.542. The van der Waals surface area contributed by atoms with Crippen LogP contribution in [0.2, 0.25) is 0 Å². The van der Waals surface area contributed by atoms with Gasteiger partial charge in [0.2, 0.25) is 0 Å². The number of hydrogen-bond acceptors (Lipinski definition) is 4. The molecule has 3 aromatic heterocycles. The number of pyridine rings is 3. The Morgan fingerprint density at radius 2 is 1.78 bits per heavy atom. The van der Waals surface area contributed by atoms with Crippen LogP contribution in [-0.2, 0) is 6.42 Å². The fraction of sp³-hybridized carbons (Fsp3) is 0.0526. The molecular weight excluding hydrogens is 286 g/mol. The third-order valence-electron chi connectivity index (χ3n) is 3.84.